The van der Waals surface area contributed by atoms with E-state index >= 15 is 0 Å². The summed E-state index contributed by atoms with van der Waals surface area (Å²) in [7, 11) is 0. The first-order chi connectivity index (χ1) is 10.2. The van der Waals surface area contributed by atoms with Crippen LogP contribution in [0.25, 0.3) is 11.1 Å². The fourth-order valence-corrected chi connectivity index (χ4v) is 3.09. The lowest BCUT2D eigenvalue weighted by atomic mass is 10.0. The van der Waals surface area contributed by atoms with Crippen LogP contribution in [0.2, 0.25) is 0 Å². The van der Waals surface area contributed by atoms with Crippen LogP contribution < -0.4 is 4.74 Å². The fraction of sp³-hybridized carbons (Fsp3) is 0.278. The molecule has 0 N–H and O–H groups in total. The highest BCUT2D eigenvalue weighted by molar-refractivity contribution is 8.14. The predicted molar refractivity (Wildman–Crippen MR) is 91.6 cm³/mol. The number of aliphatic imine (C=N–C) groups is 1. The van der Waals surface area contributed by atoms with E-state index in [1.807, 2.05) is 0 Å². The van der Waals surface area contributed by atoms with Gasteiger partial charge in [-0.15, -0.1) is 11.8 Å². The molecule has 1 heterocycles. The van der Waals surface area contributed by atoms with Crippen LogP contribution in [0, 0.1) is 13.8 Å². The van der Waals surface area contributed by atoms with E-state index < -0.39 is 0 Å². The summed E-state index contributed by atoms with van der Waals surface area (Å²) < 4.78 is 5.88. The predicted octanol–water partition coefficient (Wildman–Crippen LogP) is 4.49. The van der Waals surface area contributed by atoms with Crippen LogP contribution in [-0.2, 0) is 0 Å². The Balaban J connectivity index is 1.74. The average molecular weight is 297 g/mol. The van der Waals surface area contributed by atoms with Crippen molar-refractivity contribution in [2.75, 3.05) is 18.9 Å². The summed E-state index contributed by atoms with van der Waals surface area (Å²) in [6, 6.07) is 15.0. The molecule has 2 nitrogen and oxygen atoms in total. The van der Waals surface area contributed by atoms with Crippen LogP contribution >= 0.6 is 11.8 Å². The van der Waals surface area contributed by atoms with Crippen LogP contribution in [0.1, 0.15) is 11.1 Å². The summed E-state index contributed by atoms with van der Waals surface area (Å²) in [5.74, 6) is 2.03. The van der Waals surface area contributed by atoms with Gasteiger partial charge in [-0.05, 0) is 42.7 Å². The molecule has 0 aromatic heterocycles. The van der Waals surface area contributed by atoms with Gasteiger partial charge in [-0.3, -0.25) is 4.99 Å². The molecule has 1 aliphatic heterocycles. The smallest absolute Gasteiger partial charge is 0.136 e. The molecule has 1 aliphatic rings. The summed E-state index contributed by atoms with van der Waals surface area (Å²) in [6.07, 6.45) is 0. The van der Waals surface area contributed by atoms with Crippen molar-refractivity contribution in [1.82, 2.24) is 0 Å². The third-order valence-corrected chi connectivity index (χ3v) is 4.53. The first-order valence-corrected chi connectivity index (χ1v) is 8.17. The second-order valence-electron chi connectivity index (χ2n) is 5.26. The number of hydrogen-bond donors (Lipinski definition) is 0. The Kier molecular flexibility index (Phi) is 4.30. The van der Waals surface area contributed by atoms with Crippen molar-refractivity contribution in [3.05, 3.63) is 53.6 Å². The van der Waals surface area contributed by atoms with E-state index in [0.717, 1.165) is 28.7 Å². The van der Waals surface area contributed by atoms with Crippen molar-refractivity contribution in [2.45, 2.75) is 13.8 Å². The first-order valence-electron chi connectivity index (χ1n) is 7.19. The first kappa shape index (κ1) is 14.2. The SMILES string of the molecule is Cc1ccc(-c2ccc(OCC3=NCCS3)c(C)c2)cc1. The molecule has 0 aliphatic carbocycles. The van der Waals surface area contributed by atoms with E-state index in [0.29, 0.717) is 6.61 Å². The normalized spacial score (nSPS) is 14.1. The van der Waals surface area contributed by atoms with Gasteiger partial charge in [0.15, 0.2) is 0 Å². The van der Waals surface area contributed by atoms with Gasteiger partial charge in [0, 0.05) is 12.3 Å². The Morgan fingerprint density at radius 2 is 1.81 bits per heavy atom. The number of hydrogen-bond acceptors (Lipinski definition) is 3. The van der Waals surface area contributed by atoms with E-state index in [2.05, 4.69) is 61.3 Å². The maximum atomic E-state index is 5.88. The molecule has 0 amide bonds. The van der Waals surface area contributed by atoms with E-state index in [-0.39, 0.29) is 0 Å². The number of rotatable bonds is 4. The van der Waals surface area contributed by atoms with Crippen molar-refractivity contribution >= 4 is 16.8 Å². The van der Waals surface area contributed by atoms with Crippen LogP contribution in [0.4, 0.5) is 0 Å². The summed E-state index contributed by atoms with van der Waals surface area (Å²) >= 11 is 1.79. The quantitative estimate of drug-likeness (QED) is 0.829. The zero-order valence-corrected chi connectivity index (χ0v) is 13.2. The lowest BCUT2D eigenvalue weighted by Gasteiger charge is -2.11. The van der Waals surface area contributed by atoms with Crippen LogP contribution in [0.3, 0.4) is 0 Å². The zero-order valence-electron chi connectivity index (χ0n) is 12.4. The van der Waals surface area contributed by atoms with Crippen LogP contribution in [0.15, 0.2) is 47.5 Å². The molecule has 2 aromatic carbocycles. The van der Waals surface area contributed by atoms with Gasteiger partial charge in [-0.2, -0.15) is 0 Å². The van der Waals surface area contributed by atoms with Crippen LogP contribution in [0.5, 0.6) is 5.75 Å². The van der Waals surface area contributed by atoms with Gasteiger partial charge in [0.2, 0.25) is 0 Å². The summed E-state index contributed by atoms with van der Waals surface area (Å²) in [6.45, 7) is 5.72. The van der Waals surface area contributed by atoms with Gasteiger partial charge in [0.1, 0.15) is 17.4 Å². The number of thioether (sulfide) groups is 1. The monoisotopic (exact) mass is 297 g/mol. The highest BCUT2D eigenvalue weighted by Crippen LogP contribution is 2.27. The second kappa shape index (κ2) is 6.35. The highest BCUT2D eigenvalue weighted by Gasteiger charge is 2.09. The third-order valence-electron chi connectivity index (χ3n) is 3.56. The Morgan fingerprint density at radius 3 is 2.48 bits per heavy atom. The Morgan fingerprint density at radius 1 is 1.05 bits per heavy atom. The fourth-order valence-electron chi connectivity index (χ4n) is 2.34. The molecule has 0 saturated carbocycles. The number of ether oxygens (including phenoxy) is 1. The molecule has 0 unspecified atom stereocenters. The number of aryl methyl sites for hydroxylation is 2. The zero-order chi connectivity index (χ0) is 14.7. The molecule has 0 spiro atoms. The van der Waals surface area contributed by atoms with E-state index in [1.165, 1.54) is 16.7 Å². The molecule has 0 radical (unpaired) electrons. The van der Waals surface area contributed by atoms with Gasteiger partial charge in [0.05, 0.1) is 0 Å². The average Bonchev–Trinajstić information content (AvgIpc) is 3.00. The van der Waals surface area contributed by atoms with Crippen LogP contribution in [-0.4, -0.2) is 23.9 Å². The van der Waals surface area contributed by atoms with E-state index in [4.69, 9.17) is 4.74 Å². The molecule has 0 bridgehead atoms. The minimum absolute atomic E-state index is 0.593. The Bertz CT molecular complexity index is 661. The van der Waals surface area contributed by atoms with Gasteiger partial charge >= 0.3 is 0 Å². The summed E-state index contributed by atoms with van der Waals surface area (Å²) in [5, 5.41) is 1.11. The molecule has 0 saturated heterocycles. The minimum Gasteiger partial charge on any atom is -0.486 e. The summed E-state index contributed by atoms with van der Waals surface area (Å²) in [4.78, 5) is 4.41. The molecule has 3 rings (SSSR count). The molecule has 21 heavy (non-hydrogen) atoms. The number of benzene rings is 2. The third kappa shape index (κ3) is 3.48. The molecule has 0 atom stereocenters. The van der Waals surface area contributed by atoms with Crippen molar-refractivity contribution in [3.63, 3.8) is 0 Å². The molecule has 2 aromatic rings. The lowest BCUT2D eigenvalue weighted by molar-refractivity contribution is 0.376. The van der Waals surface area contributed by atoms with E-state index in [9.17, 15) is 0 Å². The molecule has 108 valence electrons. The van der Waals surface area contributed by atoms with Crippen molar-refractivity contribution in [2.24, 2.45) is 4.99 Å². The van der Waals surface area contributed by atoms with Gasteiger partial charge in [-0.25, -0.2) is 0 Å². The molecular formula is C18H19NOS. The maximum absolute atomic E-state index is 5.88. The van der Waals surface area contributed by atoms with Crippen molar-refractivity contribution < 1.29 is 4.74 Å². The minimum atomic E-state index is 0.593. The second-order valence-corrected chi connectivity index (χ2v) is 6.43. The van der Waals surface area contributed by atoms with Gasteiger partial charge in [-0.1, -0.05) is 35.9 Å². The largest absolute Gasteiger partial charge is 0.486 e. The standard InChI is InChI=1S/C18H19NOS/c1-13-3-5-15(6-4-13)16-7-8-17(14(2)11-16)20-12-18-19-9-10-21-18/h3-8,11H,9-10,12H2,1-2H3. The topological polar surface area (TPSA) is 21.6 Å². The highest BCUT2D eigenvalue weighted by atomic mass is 32.2. The van der Waals surface area contributed by atoms with E-state index in [1.54, 1.807) is 11.8 Å². The number of nitrogens with zero attached hydrogens (tertiary/aromatic N) is 1. The molecular weight excluding hydrogens is 278 g/mol. The van der Waals surface area contributed by atoms with Crippen molar-refractivity contribution in [1.29, 1.82) is 0 Å². The van der Waals surface area contributed by atoms with Gasteiger partial charge < -0.3 is 4.74 Å². The van der Waals surface area contributed by atoms with Gasteiger partial charge in [0.25, 0.3) is 0 Å². The maximum Gasteiger partial charge on any atom is 0.136 e. The molecule has 3 heteroatoms. The molecule has 0 fully saturated rings. The summed E-state index contributed by atoms with van der Waals surface area (Å²) in [5.41, 5.74) is 4.92. The lowest BCUT2D eigenvalue weighted by Crippen LogP contribution is -2.06. The van der Waals surface area contributed by atoms with Crippen molar-refractivity contribution in [3.8, 4) is 16.9 Å². The Hall–Kier alpha value is -1.74. The Labute approximate surface area is 130 Å².